The highest BCUT2D eigenvalue weighted by Crippen LogP contribution is 2.24. The van der Waals surface area contributed by atoms with Crippen LogP contribution in [0.1, 0.15) is 21.8 Å². The largest absolute Gasteiger partial charge is 0.333 e. The lowest BCUT2D eigenvalue weighted by molar-refractivity contribution is 0.112. The van der Waals surface area contributed by atoms with Crippen LogP contribution in [0.2, 0.25) is 0 Å². The van der Waals surface area contributed by atoms with Gasteiger partial charge in [-0.3, -0.25) is 4.79 Å². The highest BCUT2D eigenvalue weighted by atomic mass is 16.1. The van der Waals surface area contributed by atoms with Crippen LogP contribution in [-0.4, -0.2) is 27.4 Å². The van der Waals surface area contributed by atoms with Gasteiger partial charge < -0.3 is 17.2 Å². The first kappa shape index (κ1) is 19.6. The quantitative estimate of drug-likeness (QED) is 0.703. The molecular weight excluding hydrogens is 238 g/mol. The number of aldehydes is 1. The van der Waals surface area contributed by atoms with Gasteiger partial charge >= 0.3 is 0 Å². The van der Waals surface area contributed by atoms with Crippen molar-refractivity contribution in [2.75, 3.05) is 21.1 Å². The molecule has 6 N–H and O–H groups in total. The molecule has 0 unspecified atom stereocenters. The predicted molar refractivity (Wildman–Crippen MR) is 83.2 cm³/mol. The Morgan fingerprint density at radius 1 is 0.895 bits per heavy atom. The third-order valence-electron chi connectivity index (χ3n) is 2.23. The second kappa shape index (κ2) is 14.3. The number of carbonyl (C=O) groups is 1. The van der Waals surface area contributed by atoms with Crippen LogP contribution < -0.4 is 17.2 Å². The lowest BCUT2D eigenvalue weighted by Gasteiger charge is -2.07. The minimum atomic E-state index is 0.279. The van der Waals surface area contributed by atoms with E-state index in [1.807, 2.05) is 36.4 Å². The zero-order chi connectivity index (χ0) is 15.1. The molecule has 0 amide bonds. The van der Waals surface area contributed by atoms with E-state index in [1.54, 1.807) is 0 Å². The van der Waals surface area contributed by atoms with E-state index in [0.29, 0.717) is 0 Å². The number of allylic oxidation sites excluding steroid dienone is 4. The summed E-state index contributed by atoms with van der Waals surface area (Å²) in [5.41, 5.74) is 15.4. The zero-order valence-electron chi connectivity index (χ0n) is 11.9. The van der Waals surface area contributed by atoms with E-state index in [2.05, 4.69) is 29.4 Å². The average Bonchev–Trinajstić information content (AvgIpc) is 3.07. The molecule has 106 valence electrons. The number of hydrogen-bond donors (Lipinski definition) is 3. The molecule has 1 aromatic carbocycles. The van der Waals surface area contributed by atoms with Gasteiger partial charge in [-0.25, -0.2) is 0 Å². The van der Waals surface area contributed by atoms with E-state index < -0.39 is 0 Å². The van der Waals surface area contributed by atoms with Gasteiger partial charge in [0, 0.05) is 11.5 Å². The van der Waals surface area contributed by atoms with Gasteiger partial charge in [-0.15, -0.1) is 0 Å². The Morgan fingerprint density at radius 2 is 1.37 bits per heavy atom. The maximum atomic E-state index is 10.7. The van der Waals surface area contributed by atoms with Crippen LogP contribution in [0, 0.1) is 0 Å². The van der Waals surface area contributed by atoms with E-state index in [1.165, 1.54) is 21.1 Å². The van der Waals surface area contributed by atoms with Crippen molar-refractivity contribution >= 4 is 6.29 Å². The van der Waals surface area contributed by atoms with Crippen molar-refractivity contribution in [1.29, 1.82) is 0 Å². The SMILES string of the molecule is CN.CN.CN.O=Cc1ccccc1C1C=CC=C1. The summed E-state index contributed by atoms with van der Waals surface area (Å²) in [5, 5.41) is 0. The van der Waals surface area contributed by atoms with Crippen molar-refractivity contribution in [3.8, 4) is 0 Å². The van der Waals surface area contributed by atoms with Crippen molar-refractivity contribution in [1.82, 2.24) is 0 Å². The molecule has 0 spiro atoms. The summed E-state index contributed by atoms with van der Waals surface area (Å²) in [6.07, 6.45) is 9.10. The van der Waals surface area contributed by atoms with Crippen molar-refractivity contribution in [3.05, 3.63) is 59.7 Å². The van der Waals surface area contributed by atoms with E-state index in [-0.39, 0.29) is 5.92 Å². The molecule has 4 heteroatoms. The molecule has 2 rings (SSSR count). The minimum absolute atomic E-state index is 0.279. The van der Waals surface area contributed by atoms with E-state index in [4.69, 9.17) is 0 Å². The van der Waals surface area contributed by atoms with Crippen LogP contribution in [0.3, 0.4) is 0 Å². The first-order valence-corrected chi connectivity index (χ1v) is 6.04. The van der Waals surface area contributed by atoms with E-state index >= 15 is 0 Å². The maximum absolute atomic E-state index is 10.7. The predicted octanol–water partition coefficient (Wildman–Crippen LogP) is 1.43. The Bertz CT molecular complexity index is 375. The number of rotatable bonds is 2. The van der Waals surface area contributed by atoms with Gasteiger partial charge in [0.25, 0.3) is 0 Å². The smallest absolute Gasteiger partial charge is 0.150 e. The van der Waals surface area contributed by atoms with Crippen LogP contribution in [0.4, 0.5) is 0 Å². The molecule has 1 aliphatic carbocycles. The Kier molecular flexibility index (Phi) is 14.8. The lowest BCUT2D eigenvalue weighted by Crippen LogP contribution is -1.94. The fourth-order valence-corrected chi connectivity index (χ4v) is 1.56. The van der Waals surface area contributed by atoms with Crippen LogP contribution in [0.15, 0.2) is 48.6 Å². The Morgan fingerprint density at radius 3 is 1.84 bits per heavy atom. The Hall–Kier alpha value is -1.75. The fraction of sp³-hybridized carbons (Fsp3) is 0.267. The molecule has 0 heterocycles. The van der Waals surface area contributed by atoms with Crippen LogP contribution >= 0.6 is 0 Å². The van der Waals surface area contributed by atoms with Gasteiger partial charge in [0.1, 0.15) is 6.29 Å². The minimum Gasteiger partial charge on any atom is -0.333 e. The number of benzene rings is 1. The molecule has 0 saturated carbocycles. The molecule has 0 fully saturated rings. The molecule has 1 aliphatic rings. The third kappa shape index (κ3) is 6.67. The molecule has 1 aromatic rings. The second-order valence-corrected chi connectivity index (χ2v) is 3.04. The standard InChI is InChI=1S/C12H10O.3CH5N/c13-9-11-7-3-4-8-12(11)10-5-1-2-6-10;3*1-2/h1-10H;3*2H2,1H3. The Labute approximate surface area is 116 Å². The van der Waals surface area contributed by atoms with Crippen LogP contribution in [0.25, 0.3) is 0 Å². The van der Waals surface area contributed by atoms with Gasteiger partial charge in [-0.2, -0.15) is 0 Å². The van der Waals surface area contributed by atoms with Gasteiger partial charge in [-0.05, 0) is 26.7 Å². The normalized spacial score (nSPS) is 11.3. The monoisotopic (exact) mass is 263 g/mol. The highest BCUT2D eigenvalue weighted by Gasteiger charge is 2.10. The van der Waals surface area contributed by atoms with Gasteiger partial charge in [0.2, 0.25) is 0 Å². The summed E-state index contributed by atoms with van der Waals surface area (Å²) in [5.74, 6) is 0.279. The molecule has 19 heavy (non-hydrogen) atoms. The average molecular weight is 263 g/mol. The summed E-state index contributed by atoms with van der Waals surface area (Å²) < 4.78 is 0. The van der Waals surface area contributed by atoms with Crippen molar-refractivity contribution in [3.63, 3.8) is 0 Å². The molecule has 0 atom stereocenters. The van der Waals surface area contributed by atoms with Crippen LogP contribution in [-0.2, 0) is 0 Å². The summed E-state index contributed by atoms with van der Waals surface area (Å²) in [6.45, 7) is 0. The Balaban J connectivity index is 0. The first-order chi connectivity index (χ1) is 9.42. The van der Waals surface area contributed by atoms with Crippen LogP contribution in [0.5, 0.6) is 0 Å². The molecular formula is C15H25N3O. The fourth-order valence-electron chi connectivity index (χ4n) is 1.56. The molecule has 0 radical (unpaired) electrons. The molecule has 0 bridgehead atoms. The number of carbonyl (C=O) groups excluding carboxylic acids is 1. The third-order valence-corrected chi connectivity index (χ3v) is 2.23. The summed E-state index contributed by atoms with van der Waals surface area (Å²) in [6, 6.07) is 7.69. The second-order valence-electron chi connectivity index (χ2n) is 3.04. The molecule has 4 nitrogen and oxygen atoms in total. The number of nitrogens with two attached hydrogens (primary N) is 3. The summed E-state index contributed by atoms with van der Waals surface area (Å²) in [7, 11) is 4.50. The molecule has 0 aromatic heterocycles. The number of hydrogen-bond acceptors (Lipinski definition) is 4. The van der Waals surface area contributed by atoms with Gasteiger partial charge in [-0.1, -0.05) is 48.6 Å². The van der Waals surface area contributed by atoms with Gasteiger partial charge in [0.05, 0.1) is 0 Å². The highest BCUT2D eigenvalue weighted by molar-refractivity contribution is 5.78. The lowest BCUT2D eigenvalue weighted by atomic mass is 9.96. The molecule has 0 aliphatic heterocycles. The van der Waals surface area contributed by atoms with Crippen molar-refractivity contribution < 1.29 is 4.79 Å². The van der Waals surface area contributed by atoms with Gasteiger partial charge in [0.15, 0.2) is 0 Å². The van der Waals surface area contributed by atoms with E-state index in [0.717, 1.165) is 17.4 Å². The maximum Gasteiger partial charge on any atom is 0.150 e. The van der Waals surface area contributed by atoms with Crippen molar-refractivity contribution in [2.45, 2.75) is 5.92 Å². The topological polar surface area (TPSA) is 95.1 Å². The van der Waals surface area contributed by atoms with Crippen molar-refractivity contribution in [2.24, 2.45) is 17.2 Å². The summed E-state index contributed by atoms with van der Waals surface area (Å²) >= 11 is 0. The van der Waals surface area contributed by atoms with E-state index in [9.17, 15) is 4.79 Å². The zero-order valence-corrected chi connectivity index (χ0v) is 11.9. The summed E-state index contributed by atoms with van der Waals surface area (Å²) in [4.78, 5) is 10.7. The molecule has 0 saturated heterocycles. The first-order valence-electron chi connectivity index (χ1n) is 6.04.